The fourth-order valence-electron chi connectivity index (χ4n) is 4.69. The summed E-state index contributed by atoms with van der Waals surface area (Å²) in [5.74, 6) is 0.981. The molecule has 0 aliphatic heterocycles. The Balaban J connectivity index is 1.38. The number of benzene rings is 2. The maximum atomic E-state index is 11.9. The van der Waals surface area contributed by atoms with Gasteiger partial charge in [0.1, 0.15) is 11.1 Å². The van der Waals surface area contributed by atoms with E-state index in [9.17, 15) is 15.4 Å². The zero-order chi connectivity index (χ0) is 28.6. The topological polar surface area (TPSA) is 121 Å². The molecule has 0 radical (unpaired) electrons. The van der Waals surface area contributed by atoms with Crippen molar-refractivity contribution in [1.29, 1.82) is 5.26 Å². The minimum Gasteiger partial charge on any atom is -0.258 e. The van der Waals surface area contributed by atoms with E-state index < -0.39 is 4.92 Å². The van der Waals surface area contributed by atoms with Crippen LogP contribution in [0.15, 0.2) is 51.4 Å². The molecule has 1 aliphatic carbocycles. The molecule has 0 fully saturated rings. The second-order valence-corrected chi connectivity index (χ2v) is 13.5. The average molecular weight is 612 g/mol. The molecule has 0 saturated heterocycles. The maximum Gasteiger partial charge on any atom is 0.283 e. The van der Waals surface area contributed by atoms with Gasteiger partial charge in [-0.25, -0.2) is 9.98 Å². The molecule has 1 aliphatic rings. The van der Waals surface area contributed by atoms with Gasteiger partial charge in [-0.1, -0.05) is 50.0 Å². The van der Waals surface area contributed by atoms with Gasteiger partial charge in [0.2, 0.25) is 5.16 Å². The summed E-state index contributed by atoms with van der Waals surface area (Å²) >= 11 is 14.9. The maximum absolute atomic E-state index is 11.9. The Kier molecular flexibility index (Phi) is 8.02. The number of nitrogens with one attached hydrogen (secondary N) is 1. The van der Waals surface area contributed by atoms with Gasteiger partial charge in [-0.05, 0) is 77.7 Å². The van der Waals surface area contributed by atoms with E-state index in [-0.39, 0.29) is 11.1 Å². The summed E-state index contributed by atoms with van der Waals surface area (Å²) in [4.78, 5) is 22.1. The lowest BCUT2D eigenvalue weighted by molar-refractivity contribution is -0.387. The molecule has 0 amide bonds. The summed E-state index contributed by atoms with van der Waals surface area (Å²) in [7, 11) is 0. The van der Waals surface area contributed by atoms with Gasteiger partial charge >= 0.3 is 0 Å². The van der Waals surface area contributed by atoms with Crippen molar-refractivity contribution in [3.63, 3.8) is 0 Å². The summed E-state index contributed by atoms with van der Waals surface area (Å²) in [6.45, 7) is 6.77. The second kappa shape index (κ2) is 11.3. The number of aromatic amines is 1. The van der Waals surface area contributed by atoms with E-state index >= 15 is 0 Å². The first kappa shape index (κ1) is 28.3. The molecule has 8 nitrogen and oxygen atoms in total. The summed E-state index contributed by atoms with van der Waals surface area (Å²) in [5, 5.41) is 30.6. The molecular weight excluding hydrogens is 587 g/mol. The van der Waals surface area contributed by atoms with E-state index in [1.165, 1.54) is 10.9 Å². The number of thiophene rings is 1. The van der Waals surface area contributed by atoms with Crippen LogP contribution in [0.4, 0.5) is 10.7 Å². The number of rotatable bonds is 6. The lowest BCUT2D eigenvalue weighted by Crippen LogP contribution is -2.26. The fourth-order valence-corrected chi connectivity index (χ4v) is 7.20. The Bertz CT molecular complexity index is 1680. The summed E-state index contributed by atoms with van der Waals surface area (Å²) in [6.07, 6.45) is 4.44. The van der Waals surface area contributed by atoms with Crippen molar-refractivity contribution in [3.05, 3.63) is 78.1 Å². The smallest absolute Gasteiger partial charge is 0.258 e. The molecule has 40 heavy (non-hydrogen) atoms. The van der Waals surface area contributed by atoms with Gasteiger partial charge in [0.25, 0.3) is 5.69 Å². The molecule has 204 valence electrons. The van der Waals surface area contributed by atoms with E-state index in [0.717, 1.165) is 36.6 Å². The molecule has 12 heteroatoms. The van der Waals surface area contributed by atoms with Crippen molar-refractivity contribution in [1.82, 2.24) is 15.2 Å². The Morgan fingerprint density at radius 1 is 1.27 bits per heavy atom. The van der Waals surface area contributed by atoms with E-state index in [2.05, 4.69) is 47.0 Å². The first-order valence-electron chi connectivity index (χ1n) is 12.5. The summed E-state index contributed by atoms with van der Waals surface area (Å²) in [5.41, 5.74) is 3.00. The van der Waals surface area contributed by atoms with Gasteiger partial charge in [-0.15, -0.1) is 16.4 Å². The SMILES string of the molecule is CC(C)(C)[C@H]1CCc2c(sc(N=Cc3ccc(Sc4n[nH]c(-c5ccc(Cl)cc5Cl)n4)c([N+](=O)[O-])c3)c2C#N)C1. The minimum absolute atomic E-state index is 0.0937. The van der Waals surface area contributed by atoms with Crippen LogP contribution in [-0.4, -0.2) is 26.3 Å². The van der Waals surface area contributed by atoms with Crippen LogP contribution in [0.2, 0.25) is 10.0 Å². The number of H-pyrrole nitrogens is 1. The summed E-state index contributed by atoms with van der Waals surface area (Å²) in [6, 6.07) is 12.2. The third kappa shape index (κ3) is 5.93. The number of nitriles is 1. The van der Waals surface area contributed by atoms with Crippen LogP contribution in [0.1, 0.15) is 48.8 Å². The zero-order valence-electron chi connectivity index (χ0n) is 21.9. The third-order valence-electron chi connectivity index (χ3n) is 6.95. The molecule has 0 bridgehead atoms. The third-order valence-corrected chi connectivity index (χ3v) is 9.59. The van der Waals surface area contributed by atoms with E-state index in [0.29, 0.717) is 53.5 Å². The predicted octanol–water partition coefficient (Wildman–Crippen LogP) is 8.67. The molecule has 2 heterocycles. The first-order chi connectivity index (χ1) is 19.0. The molecule has 2 aromatic carbocycles. The second-order valence-electron chi connectivity index (χ2n) is 10.5. The predicted molar refractivity (Wildman–Crippen MR) is 160 cm³/mol. The number of nitro groups is 1. The van der Waals surface area contributed by atoms with Crippen LogP contribution in [0.3, 0.4) is 0 Å². The number of nitro benzene ring substituents is 1. The normalized spacial score (nSPS) is 15.2. The lowest BCUT2D eigenvalue weighted by Gasteiger charge is -2.33. The minimum atomic E-state index is -0.444. The van der Waals surface area contributed by atoms with Gasteiger partial charge in [0.15, 0.2) is 5.82 Å². The Labute approximate surface area is 249 Å². The van der Waals surface area contributed by atoms with Gasteiger partial charge < -0.3 is 0 Å². The van der Waals surface area contributed by atoms with E-state index in [1.54, 1.807) is 47.9 Å². The number of hydrogen-bond acceptors (Lipinski definition) is 8. The van der Waals surface area contributed by atoms with Crippen molar-refractivity contribution < 1.29 is 4.92 Å². The quantitative estimate of drug-likeness (QED) is 0.132. The van der Waals surface area contributed by atoms with Crippen LogP contribution in [0.25, 0.3) is 11.4 Å². The monoisotopic (exact) mass is 610 g/mol. The average Bonchev–Trinajstić information content (AvgIpc) is 3.50. The van der Waals surface area contributed by atoms with Crippen molar-refractivity contribution in [2.24, 2.45) is 16.3 Å². The number of nitrogens with zero attached hydrogens (tertiary/aromatic N) is 5. The molecule has 1 atom stereocenters. The fraction of sp³-hybridized carbons (Fsp3) is 0.286. The van der Waals surface area contributed by atoms with Gasteiger partial charge in [-0.3, -0.25) is 15.2 Å². The molecule has 1 N–H and O–H groups in total. The number of halogens is 2. The van der Waals surface area contributed by atoms with Crippen molar-refractivity contribution in [2.75, 3.05) is 0 Å². The number of aromatic nitrogens is 3. The molecule has 2 aromatic heterocycles. The number of hydrogen-bond donors (Lipinski definition) is 1. The molecular formula is C28H24Cl2N6O2S2. The van der Waals surface area contributed by atoms with Crippen LogP contribution < -0.4 is 0 Å². The molecule has 0 saturated carbocycles. The van der Waals surface area contributed by atoms with Crippen molar-refractivity contribution in [3.8, 4) is 17.5 Å². The highest BCUT2D eigenvalue weighted by Gasteiger charge is 2.32. The van der Waals surface area contributed by atoms with Gasteiger partial charge in [0.05, 0.1) is 20.4 Å². The molecule has 5 rings (SSSR count). The Hall–Kier alpha value is -3.23. The van der Waals surface area contributed by atoms with Crippen molar-refractivity contribution in [2.45, 2.75) is 50.1 Å². The Morgan fingerprint density at radius 3 is 2.77 bits per heavy atom. The van der Waals surface area contributed by atoms with Crippen LogP contribution in [-0.2, 0) is 12.8 Å². The standard InChI is InChI=1S/C28H24Cl2N6O2S2/c1-28(2,3)16-5-7-18-20(13-31)26(39-24(18)11-16)32-14-15-4-9-23(22(10-15)36(37)38)40-27-33-25(34-35-27)19-8-6-17(29)12-21(19)30/h4,6,8-10,12,14,16H,5,7,11H2,1-3H3,(H,33,34,35)/t16-/m0/s1. The Morgan fingerprint density at radius 2 is 2.08 bits per heavy atom. The summed E-state index contributed by atoms with van der Waals surface area (Å²) < 4.78 is 0. The van der Waals surface area contributed by atoms with Gasteiger partial charge in [-0.2, -0.15) is 5.26 Å². The molecule has 0 unspecified atom stereocenters. The van der Waals surface area contributed by atoms with E-state index in [1.807, 2.05) is 0 Å². The van der Waals surface area contributed by atoms with Crippen LogP contribution in [0, 0.1) is 32.8 Å². The molecule has 4 aromatic rings. The van der Waals surface area contributed by atoms with Crippen LogP contribution in [0.5, 0.6) is 0 Å². The van der Waals surface area contributed by atoms with Crippen LogP contribution >= 0.6 is 46.3 Å². The number of aliphatic imine (C=N–C) groups is 1. The number of fused-ring (bicyclic) bond motifs is 1. The largest absolute Gasteiger partial charge is 0.283 e. The highest BCUT2D eigenvalue weighted by atomic mass is 35.5. The lowest BCUT2D eigenvalue weighted by atomic mass is 9.72. The molecule has 0 spiro atoms. The highest BCUT2D eigenvalue weighted by Crippen LogP contribution is 2.45. The zero-order valence-corrected chi connectivity index (χ0v) is 25.0. The van der Waals surface area contributed by atoms with Gasteiger partial charge in [0, 0.05) is 27.7 Å². The van der Waals surface area contributed by atoms with E-state index in [4.69, 9.17) is 23.2 Å². The van der Waals surface area contributed by atoms with Crippen molar-refractivity contribution >= 4 is 63.2 Å². The first-order valence-corrected chi connectivity index (χ1v) is 14.8. The highest BCUT2D eigenvalue weighted by molar-refractivity contribution is 7.99.